The maximum Gasteiger partial charge on any atom is 0.274 e. The van der Waals surface area contributed by atoms with Crippen molar-refractivity contribution in [1.29, 1.82) is 0 Å². The molecule has 1 aromatic heterocycles. The SMILES string of the molecule is Cc1ccc2nnc(C(=O)N(C)[C@@H]3CCS(=O)(=O)C3)cc2c1. The Morgan fingerprint density at radius 3 is 2.73 bits per heavy atom. The number of aromatic nitrogens is 2. The van der Waals surface area contributed by atoms with Gasteiger partial charge in [0.15, 0.2) is 15.5 Å². The molecule has 0 bridgehead atoms. The molecule has 0 aliphatic carbocycles. The fourth-order valence-corrected chi connectivity index (χ4v) is 4.47. The van der Waals surface area contributed by atoms with Crippen molar-refractivity contribution in [3.63, 3.8) is 0 Å². The number of hydrogen-bond acceptors (Lipinski definition) is 5. The van der Waals surface area contributed by atoms with E-state index in [2.05, 4.69) is 10.2 Å². The minimum atomic E-state index is -3.03. The van der Waals surface area contributed by atoms with E-state index in [0.717, 1.165) is 16.5 Å². The van der Waals surface area contributed by atoms with E-state index in [1.807, 2.05) is 25.1 Å². The Kier molecular flexibility index (Phi) is 3.60. The van der Waals surface area contributed by atoms with Gasteiger partial charge in [0, 0.05) is 18.5 Å². The zero-order valence-electron chi connectivity index (χ0n) is 12.5. The summed E-state index contributed by atoms with van der Waals surface area (Å²) in [5, 5.41) is 8.89. The molecule has 1 aliphatic rings. The van der Waals surface area contributed by atoms with Crippen molar-refractivity contribution in [2.45, 2.75) is 19.4 Å². The molecule has 6 nitrogen and oxygen atoms in total. The first-order valence-electron chi connectivity index (χ1n) is 7.07. The molecule has 116 valence electrons. The van der Waals surface area contributed by atoms with Gasteiger partial charge >= 0.3 is 0 Å². The van der Waals surface area contributed by atoms with E-state index in [-0.39, 0.29) is 29.1 Å². The summed E-state index contributed by atoms with van der Waals surface area (Å²) in [7, 11) is -1.41. The lowest BCUT2D eigenvalue weighted by molar-refractivity contribution is 0.0741. The van der Waals surface area contributed by atoms with E-state index in [1.54, 1.807) is 13.1 Å². The highest BCUT2D eigenvalue weighted by Gasteiger charge is 2.33. The number of hydrogen-bond donors (Lipinski definition) is 0. The third-order valence-electron chi connectivity index (χ3n) is 4.04. The topological polar surface area (TPSA) is 80.2 Å². The van der Waals surface area contributed by atoms with Crippen LogP contribution >= 0.6 is 0 Å². The van der Waals surface area contributed by atoms with Gasteiger partial charge in [-0.2, -0.15) is 0 Å². The quantitative estimate of drug-likeness (QED) is 0.831. The van der Waals surface area contributed by atoms with Crippen LogP contribution in [0.2, 0.25) is 0 Å². The summed E-state index contributed by atoms with van der Waals surface area (Å²) in [6, 6.07) is 7.17. The molecule has 1 atom stereocenters. The molecular weight excluding hydrogens is 302 g/mol. The maximum absolute atomic E-state index is 12.5. The van der Waals surface area contributed by atoms with Crippen LogP contribution in [0.15, 0.2) is 24.3 Å². The minimum Gasteiger partial charge on any atom is -0.336 e. The highest BCUT2D eigenvalue weighted by Crippen LogP contribution is 2.19. The number of nitrogens with zero attached hydrogens (tertiary/aromatic N) is 3. The van der Waals surface area contributed by atoms with Gasteiger partial charge in [-0.25, -0.2) is 8.42 Å². The summed E-state index contributed by atoms with van der Waals surface area (Å²) in [5.74, 6) is -0.134. The molecule has 1 aliphatic heterocycles. The summed E-state index contributed by atoms with van der Waals surface area (Å²) < 4.78 is 23.1. The lowest BCUT2D eigenvalue weighted by Gasteiger charge is -2.22. The van der Waals surface area contributed by atoms with Crippen molar-refractivity contribution >= 4 is 26.6 Å². The maximum atomic E-state index is 12.5. The first kappa shape index (κ1) is 14.9. The van der Waals surface area contributed by atoms with Gasteiger partial charge in [-0.1, -0.05) is 11.6 Å². The summed E-state index contributed by atoms with van der Waals surface area (Å²) in [5.41, 5.74) is 2.05. The molecule has 1 saturated heterocycles. The van der Waals surface area contributed by atoms with E-state index in [1.165, 1.54) is 4.90 Å². The van der Waals surface area contributed by atoms with Gasteiger partial charge in [0.2, 0.25) is 0 Å². The Hall–Kier alpha value is -2.02. The van der Waals surface area contributed by atoms with E-state index >= 15 is 0 Å². The number of sulfone groups is 1. The molecule has 1 amide bonds. The molecular formula is C15H17N3O3S. The van der Waals surface area contributed by atoms with Gasteiger partial charge < -0.3 is 4.90 Å². The summed E-state index contributed by atoms with van der Waals surface area (Å²) in [6.45, 7) is 1.97. The molecule has 0 unspecified atom stereocenters. The van der Waals surface area contributed by atoms with Crippen LogP contribution in [0, 0.1) is 6.92 Å². The molecule has 0 spiro atoms. The Balaban J connectivity index is 1.88. The van der Waals surface area contributed by atoms with Crippen molar-refractivity contribution in [2.75, 3.05) is 18.6 Å². The molecule has 0 N–H and O–H groups in total. The van der Waals surface area contributed by atoms with Crippen LogP contribution in [0.1, 0.15) is 22.5 Å². The Morgan fingerprint density at radius 2 is 2.05 bits per heavy atom. The second-order valence-corrected chi connectivity index (χ2v) is 7.99. The summed E-state index contributed by atoms with van der Waals surface area (Å²) >= 11 is 0. The normalized spacial score (nSPS) is 20.2. The molecule has 0 radical (unpaired) electrons. The number of carbonyl (C=O) groups excluding carboxylic acids is 1. The predicted molar refractivity (Wildman–Crippen MR) is 83.4 cm³/mol. The van der Waals surface area contributed by atoms with Gasteiger partial charge in [0.05, 0.1) is 17.0 Å². The number of rotatable bonds is 2. The number of amides is 1. The zero-order chi connectivity index (χ0) is 15.9. The predicted octanol–water partition coefficient (Wildman–Crippen LogP) is 1.20. The molecule has 7 heteroatoms. The van der Waals surface area contributed by atoms with E-state index in [4.69, 9.17) is 0 Å². The van der Waals surface area contributed by atoms with Crippen LogP contribution in [0.25, 0.3) is 10.9 Å². The van der Waals surface area contributed by atoms with Crippen molar-refractivity contribution < 1.29 is 13.2 Å². The van der Waals surface area contributed by atoms with Gasteiger partial charge in [-0.15, -0.1) is 10.2 Å². The van der Waals surface area contributed by atoms with Crippen LogP contribution in [0.4, 0.5) is 0 Å². The van der Waals surface area contributed by atoms with Crippen molar-refractivity contribution in [1.82, 2.24) is 15.1 Å². The van der Waals surface area contributed by atoms with Crippen molar-refractivity contribution in [3.05, 3.63) is 35.5 Å². The minimum absolute atomic E-state index is 0.0232. The Morgan fingerprint density at radius 1 is 1.27 bits per heavy atom. The van der Waals surface area contributed by atoms with Crippen LogP contribution in [-0.4, -0.2) is 54.0 Å². The first-order valence-corrected chi connectivity index (χ1v) is 8.89. The molecule has 22 heavy (non-hydrogen) atoms. The lowest BCUT2D eigenvalue weighted by Crippen LogP contribution is -2.38. The van der Waals surface area contributed by atoms with Crippen molar-refractivity contribution in [2.24, 2.45) is 0 Å². The fourth-order valence-electron chi connectivity index (χ4n) is 2.70. The molecule has 2 heterocycles. The average molecular weight is 319 g/mol. The first-order chi connectivity index (χ1) is 10.4. The zero-order valence-corrected chi connectivity index (χ0v) is 13.3. The van der Waals surface area contributed by atoms with E-state index in [0.29, 0.717) is 6.42 Å². The number of aryl methyl sites for hydroxylation is 1. The molecule has 1 fully saturated rings. The Bertz CT molecular complexity index is 848. The highest BCUT2D eigenvalue weighted by atomic mass is 32.2. The third kappa shape index (κ3) is 2.81. The molecule has 0 saturated carbocycles. The molecule has 1 aromatic carbocycles. The Labute approximate surface area is 129 Å². The van der Waals surface area contributed by atoms with Gasteiger partial charge in [-0.05, 0) is 31.5 Å². The van der Waals surface area contributed by atoms with Crippen molar-refractivity contribution in [3.8, 4) is 0 Å². The van der Waals surface area contributed by atoms with E-state index in [9.17, 15) is 13.2 Å². The van der Waals surface area contributed by atoms with Gasteiger partial charge in [-0.3, -0.25) is 4.79 Å². The monoisotopic (exact) mass is 319 g/mol. The van der Waals surface area contributed by atoms with Crippen LogP contribution in [0.5, 0.6) is 0 Å². The summed E-state index contributed by atoms with van der Waals surface area (Å²) in [6.07, 6.45) is 0.477. The lowest BCUT2D eigenvalue weighted by atomic mass is 10.1. The fraction of sp³-hybridized carbons (Fsp3) is 0.400. The second-order valence-electron chi connectivity index (χ2n) is 5.76. The standard InChI is InChI=1S/C15H17N3O3S/c1-10-3-4-13-11(7-10)8-14(17-16-13)15(19)18(2)12-5-6-22(20,21)9-12/h3-4,7-8,12H,5-6,9H2,1-2H3/t12-/m1/s1. The van der Waals surface area contributed by atoms with Crippen LogP contribution < -0.4 is 0 Å². The average Bonchev–Trinajstić information content (AvgIpc) is 2.85. The third-order valence-corrected chi connectivity index (χ3v) is 5.79. The van der Waals surface area contributed by atoms with Gasteiger partial charge in [0.25, 0.3) is 5.91 Å². The highest BCUT2D eigenvalue weighted by molar-refractivity contribution is 7.91. The number of carbonyl (C=O) groups is 1. The number of benzene rings is 1. The van der Waals surface area contributed by atoms with Gasteiger partial charge in [0.1, 0.15) is 0 Å². The molecule has 3 rings (SSSR count). The molecule has 2 aromatic rings. The smallest absolute Gasteiger partial charge is 0.274 e. The van der Waals surface area contributed by atoms with Crippen LogP contribution in [-0.2, 0) is 9.84 Å². The van der Waals surface area contributed by atoms with E-state index < -0.39 is 9.84 Å². The largest absolute Gasteiger partial charge is 0.336 e. The summed E-state index contributed by atoms with van der Waals surface area (Å²) in [4.78, 5) is 14.0. The number of fused-ring (bicyclic) bond motifs is 1. The second kappa shape index (κ2) is 5.31. The van der Waals surface area contributed by atoms with Crippen LogP contribution in [0.3, 0.4) is 0 Å².